The van der Waals surface area contributed by atoms with Gasteiger partial charge in [-0.3, -0.25) is 0 Å². The van der Waals surface area contributed by atoms with Gasteiger partial charge in [0, 0.05) is 24.8 Å². The van der Waals surface area contributed by atoms with Gasteiger partial charge in [-0.1, -0.05) is 12.1 Å². The Morgan fingerprint density at radius 3 is 2.86 bits per heavy atom. The summed E-state index contributed by atoms with van der Waals surface area (Å²) in [5.41, 5.74) is 9.74. The molecular weight excluding hydrogens is 172 g/mol. The van der Waals surface area contributed by atoms with Gasteiger partial charge in [-0.25, -0.2) is 0 Å². The van der Waals surface area contributed by atoms with Gasteiger partial charge >= 0.3 is 0 Å². The summed E-state index contributed by atoms with van der Waals surface area (Å²) in [4.78, 5) is 2.45. The molecule has 2 nitrogen and oxygen atoms in total. The van der Waals surface area contributed by atoms with E-state index < -0.39 is 0 Å². The quantitative estimate of drug-likeness (QED) is 0.772. The Morgan fingerprint density at radius 2 is 2.21 bits per heavy atom. The highest BCUT2D eigenvalue weighted by Crippen LogP contribution is 2.30. The van der Waals surface area contributed by atoms with Crippen LogP contribution in [-0.4, -0.2) is 12.6 Å². The molecular formula is C12H18N2. The van der Waals surface area contributed by atoms with Gasteiger partial charge in [-0.05, 0) is 37.5 Å². The van der Waals surface area contributed by atoms with Crippen molar-refractivity contribution in [2.45, 2.75) is 32.9 Å². The Morgan fingerprint density at radius 1 is 1.43 bits per heavy atom. The minimum atomic E-state index is 0.587. The third-order valence-corrected chi connectivity index (χ3v) is 2.94. The van der Waals surface area contributed by atoms with Crippen LogP contribution in [0.3, 0.4) is 0 Å². The third-order valence-electron chi connectivity index (χ3n) is 2.94. The van der Waals surface area contributed by atoms with Crippen molar-refractivity contribution in [2.75, 3.05) is 11.4 Å². The van der Waals surface area contributed by atoms with E-state index in [1.165, 1.54) is 23.2 Å². The molecule has 0 spiro atoms. The first kappa shape index (κ1) is 9.53. The van der Waals surface area contributed by atoms with Crippen LogP contribution in [0.4, 0.5) is 5.69 Å². The smallest absolute Gasteiger partial charge is 0.0405 e. The van der Waals surface area contributed by atoms with E-state index in [0.717, 1.165) is 6.54 Å². The second kappa shape index (κ2) is 3.62. The summed E-state index contributed by atoms with van der Waals surface area (Å²) in [6.07, 6.45) is 1.18. The van der Waals surface area contributed by atoms with E-state index >= 15 is 0 Å². The van der Waals surface area contributed by atoms with Crippen LogP contribution in [0.15, 0.2) is 18.2 Å². The van der Waals surface area contributed by atoms with Crippen molar-refractivity contribution in [3.8, 4) is 0 Å². The number of anilines is 1. The van der Waals surface area contributed by atoms with Crippen molar-refractivity contribution >= 4 is 5.69 Å². The Balaban J connectivity index is 2.37. The maximum atomic E-state index is 5.65. The average Bonchev–Trinajstić information content (AvgIpc) is 2.59. The van der Waals surface area contributed by atoms with Crippen LogP contribution in [0.1, 0.15) is 25.0 Å². The van der Waals surface area contributed by atoms with Crippen molar-refractivity contribution in [3.63, 3.8) is 0 Å². The standard InChI is InChI=1S/C12H18N2/c1-9(2)14-6-5-11-4-3-10(8-13)7-12(11)14/h3-4,7,9H,5-6,8,13H2,1-2H3. The van der Waals surface area contributed by atoms with Gasteiger partial charge in [0.2, 0.25) is 0 Å². The predicted octanol–water partition coefficient (Wildman–Crippen LogP) is 1.92. The number of hydrogen-bond acceptors (Lipinski definition) is 2. The fourth-order valence-corrected chi connectivity index (χ4v) is 2.11. The molecule has 0 radical (unpaired) electrons. The van der Waals surface area contributed by atoms with Gasteiger partial charge in [0.1, 0.15) is 0 Å². The lowest BCUT2D eigenvalue weighted by atomic mass is 10.1. The van der Waals surface area contributed by atoms with E-state index in [0.29, 0.717) is 12.6 Å². The Labute approximate surface area is 85.7 Å². The molecule has 76 valence electrons. The summed E-state index contributed by atoms with van der Waals surface area (Å²) in [5.74, 6) is 0. The lowest BCUT2D eigenvalue weighted by Gasteiger charge is -2.24. The van der Waals surface area contributed by atoms with Crippen LogP contribution in [0.25, 0.3) is 0 Å². The number of benzene rings is 1. The maximum Gasteiger partial charge on any atom is 0.0405 e. The Bertz CT molecular complexity index is 331. The molecule has 0 aliphatic carbocycles. The number of nitrogens with two attached hydrogens (primary N) is 1. The molecule has 2 heteroatoms. The normalized spacial score (nSPS) is 15.0. The molecule has 1 aromatic rings. The van der Waals surface area contributed by atoms with E-state index in [9.17, 15) is 0 Å². The van der Waals surface area contributed by atoms with Gasteiger partial charge in [0.15, 0.2) is 0 Å². The minimum absolute atomic E-state index is 0.587. The van der Waals surface area contributed by atoms with Gasteiger partial charge in [0.05, 0.1) is 0 Å². The van der Waals surface area contributed by atoms with Crippen LogP contribution in [0, 0.1) is 0 Å². The zero-order valence-corrected chi connectivity index (χ0v) is 8.96. The lowest BCUT2D eigenvalue weighted by Crippen LogP contribution is -2.28. The average molecular weight is 190 g/mol. The number of nitrogens with zero attached hydrogens (tertiary/aromatic N) is 1. The lowest BCUT2D eigenvalue weighted by molar-refractivity contribution is 0.710. The summed E-state index contributed by atoms with van der Waals surface area (Å²) in [6, 6.07) is 7.19. The summed E-state index contributed by atoms with van der Waals surface area (Å²) in [5, 5.41) is 0. The van der Waals surface area contributed by atoms with Crippen LogP contribution in [0.2, 0.25) is 0 Å². The maximum absolute atomic E-state index is 5.65. The summed E-state index contributed by atoms with van der Waals surface area (Å²) >= 11 is 0. The molecule has 1 heterocycles. The first-order chi connectivity index (χ1) is 6.72. The zero-order valence-electron chi connectivity index (χ0n) is 8.96. The van der Waals surface area contributed by atoms with Gasteiger partial charge in [0.25, 0.3) is 0 Å². The van der Waals surface area contributed by atoms with E-state index in [1.807, 2.05) is 0 Å². The van der Waals surface area contributed by atoms with Crippen LogP contribution in [0.5, 0.6) is 0 Å². The third kappa shape index (κ3) is 1.50. The van der Waals surface area contributed by atoms with Crippen LogP contribution in [-0.2, 0) is 13.0 Å². The first-order valence-electron chi connectivity index (χ1n) is 5.31. The summed E-state index contributed by atoms with van der Waals surface area (Å²) in [6.45, 7) is 6.27. The molecule has 0 atom stereocenters. The van der Waals surface area contributed by atoms with Crippen molar-refractivity contribution in [2.24, 2.45) is 5.73 Å². The molecule has 0 bridgehead atoms. The largest absolute Gasteiger partial charge is 0.369 e. The van der Waals surface area contributed by atoms with E-state index in [4.69, 9.17) is 5.73 Å². The predicted molar refractivity (Wildman–Crippen MR) is 60.5 cm³/mol. The number of rotatable bonds is 2. The van der Waals surface area contributed by atoms with E-state index in [2.05, 4.69) is 36.9 Å². The second-order valence-corrected chi connectivity index (χ2v) is 4.20. The van der Waals surface area contributed by atoms with Crippen LogP contribution >= 0.6 is 0 Å². The molecule has 0 amide bonds. The van der Waals surface area contributed by atoms with Crippen molar-refractivity contribution in [3.05, 3.63) is 29.3 Å². The van der Waals surface area contributed by atoms with Crippen molar-refractivity contribution in [1.29, 1.82) is 0 Å². The highest BCUT2D eigenvalue weighted by Gasteiger charge is 2.20. The summed E-state index contributed by atoms with van der Waals surface area (Å²) < 4.78 is 0. The molecule has 0 unspecified atom stereocenters. The molecule has 1 aliphatic heterocycles. The van der Waals surface area contributed by atoms with Gasteiger partial charge in [-0.15, -0.1) is 0 Å². The van der Waals surface area contributed by atoms with Crippen molar-refractivity contribution < 1.29 is 0 Å². The van der Waals surface area contributed by atoms with Crippen molar-refractivity contribution in [1.82, 2.24) is 0 Å². The summed E-state index contributed by atoms with van der Waals surface area (Å²) in [7, 11) is 0. The van der Waals surface area contributed by atoms with Crippen LogP contribution < -0.4 is 10.6 Å². The fraction of sp³-hybridized carbons (Fsp3) is 0.500. The molecule has 1 aliphatic rings. The minimum Gasteiger partial charge on any atom is -0.369 e. The van der Waals surface area contributed by atoms with E-state index in [1.54, 1.807) is 0 Å². The molecule has 1 aromatic carbocycles. The molecule has 2 N–H and O–H groups in total. The molecule has 0 aromatic heterocycles. The van der Waals surface area contributed by atoms with Gasteiger partial charge in [-0.2, -0.15) is 0 Å². The zero-order chi connectivity index (χ0) is 10.1. The fourth-order valence-electron chi connectivity index (χ4n) is 2.11. The molecule has 0 saturated heterocycles. The topological polar surface area (TPSA) is 29.3 Å². The molecule has 14 heavy (non-hydrogen) atoms. The highest BCUT2D eigenvalue weighted by molar-refractivity contribution is 5.60. The van der Waals surface area contributed by atoms with Gasteiger partial charge < -0.3 is 10.6 Å². The second-order valence-electron chi connectivity index (χ2n) is 4.20. The monoisotopic (exact) mass is 190 g/mol. The Hall–Kier alpha value is -1.02. The molecule has 2 rings (SSSR count). The number of fused-ring (bicyclic) bond motifs is 1. The highest BCUT2D eigenvalue weighted by atomic mass is 15.2. The molecule has 0 fully saturated rings. The number of hydrogen-bond donors (Lipinski definition) is 1. The SMILES string of the molecule is CC(C)N1CCc2ccc(CN)cc21. The first-order valence-corrected chi connectivity index (χ1v) is 5.31. The Kier molecular flexibility index (Phi) is 2.46. The molecule has 0 saturated carbocycles. The van der Waals surface area contributed by atoms with E-state index in [-0.39, 0.29) is 0 Å².